The summed E-state index contributed by atoms with van der Waals surface area (Å²) in [6, 6.07) is 63.5. The molecule has 11 rings (SSSR count). The third-order valence-corrected chi connectivity index (χ3v) is 10.7. The van der Waals surface area contributed by atoms with Crippen LogP contribution in [0.4, 0.5) is 0 Å². The highest BCUT2D eigenvalue weighted by Crippen LogP contribution is 2.38. The summed E-state index contributed by atoms with van der Waals surface area (Å²) in [5.74, 6) is 1.81. The number of pyridine rings is 1. The monoisotopic (exact) mass is 716 g/mol. The number of aromatic nitrogens is 6. The molecule has 4 heterocycles. The number of nitrogens with zero attached hydrogens (tertiary/aromatic N) is 6. The predicted octanol–water partition coefficient (Wildman–Crippen LogP) is 12.1. The summed E-state index contributed by atoms with van der Waals surface area (Å²) in [4.78, 5) is 20.0. The maximum Gasteiger partial charge on any atom is 0.164 e. The summed E-state index contributed by atoms with van der Waals surface area (Å²) >= 11 is 0. The van der Waals surface area contributed by atoms with Gasteiger partial charge in [0.05, 0.1) is 27.8 Å². The smallest absolute Gasteiger partial charge is 0.164 e. The molecule has 7 aromatic carbocycles. The van der Waals surface area contributed by atoms with Gasteiger partial charge in [-0.15, -0.1) is 0 Å². The maximum atomic E-state index is 5.22. The van der Waals surface area contributed by atoms with E-state index in [1.165, 1.54) is 21.5 Å². The normalized spacial score (nSPS) is 11.6. The van der Waals surface area contributed by atoms with Crippen molar-refractivity contribution >= 4 is 43.6 Å². The molecule has 0 radical (unpaired) electrons. The number of benzene rings is 7. The summed E-state index contributed by atoms with van der Waals surface area (Å²) in [5.41, 5.74) is 11.4. The minimum Gasteiger partial charge on any atom is -0.309 e. The summed E-state index contributed by atoms with van der Waals surface area (Å²) < 4.78 is 4.67. The molecule has 0 amide bonds. The van der Waals surface area contributed by atoms with Crippen molar-refractivity contribution < 1.29 is 0 Å². The Hall–Kier alpha value is -7.70. The van der Waals surface area contributed by atoms with Crippen molar-refractivity contribution in [2.45, 2.75) is 0 Å². The maximum absolute atomic E-state index is 5.22. The van der Waals surface area contributed by atoms with Crippen LogP contribution < -0.4 is 0 Å². The zero-order chi connectivity index (χ0) is 37.0. The zero-order valence-electron chi connectivity index (χ0n) is 30.2. The van der Waals surface area contributed by atoms with E-state index < -0.39 is 0 Å². The Bertz CT molecular complexity index is 3150. The van der Waals surface area contributed by atoms with Crippen LogP contribution in [0.2, 0.25) is 0 Å². The summed E-state index contributed by atoms with van der Waals surface area (Å²) in [6.07, 6.45) is 3.73. The lowest BCUT2D eigenvalue weighted by molar-refractivity contribution is 1.07. The molecule has 0 bridgehead atoms. The molecule has 0 atom stereocenters. The second kappa shape index (κ2) is 13.0. The molecule has 0 saturated heterocycles. The Morgan fingerprint density at radius 2 is 0.821 bits per heavy atom. The van der Waals surface area contributed by atoms with E-state index in [0.29, 0.717) is 17.5 Å². The van der Waals surface area contributed by atoms with Crippen molar-refractivity contribution in [1.29, 1.82) is 0 Å². The van der Waals surface area contributed by atoms with Crippen LogP contribution in [-0.2, 0) is 0 Å². The fraction of sp³-hybridized carbons (Fsp3) is 0. The number of rotatable bonds is 6. The summed E-state index contributed by atoms with van der Waals surface area (Å²) in [7, 11) is 0. The van der Waals surface area contributed by atoms with Crippen molar-refractivity contribution in [3.63, 3.8) is 0 Å². The Balaban J connectivity index is 1.12. The fourth-order valence-corrected chi connectivity index (χ4v) is 8.14. The molecule has 56 heavy (non-hydrogen) atoms. The molecule has 0 aliphatic rings. The first kappa shape index (κ1) is 31.8. The first-order chi connectivity index (χ1) is 27.8. The van der Waals surface area contributed by atoms with Gasteiger partial charge in [-0.2, -0.15) is 0 Å². The fourth-order valence-electron chi connectivity index (χ4n) is 8.14. The van der Waals surface area contributed by atoms with Gasteiger partial charge in [-0.25, -0.2) is 15.0 Å². The Morgan fingerprint density at radius 1 is 0.339 bits per heavy atom. The van der Waals surface area contributed by atoms with Crippen molar-refractivity contribution in [2.24, 2.45) is 0 Å². The SMILES string of the molecule is c1ccc(-c2nc(-c3cccc(-n4c5ccccc5c5ccccc54)c3)nc(-c3ccc(-n4c5ccccc5c5ccccc54)c(-c4cccnc4)c3)n2)cc1. The lowest BCUT2D eigenvalue weighted by Crippen LogP contribution is -2.02. The highest BCUT2D eigenvalue weighted by atomic mass is 15.0. The van der Waals surface area contributed by atoms with E-state index in [-0.39, 0.29) is 0 Å². The molecule has 262 valence electrons. The van der Waals surface area contributed by atoms with E-state index >= 15 is 0 Å². The molecule has 4 aromatic heterocycles. The van der Waals surface area contributed by atoms with E-state index in [2.05, 4.69) is 160 Å². The van der Waals surface area contributed by atoms with Gasteiger partial charge >= 0.3 is 0 Å². The van der Waals surface area contributed by atoms with E-state index in [1.54, 1.807) is 0 Å². The van der Waals surface area contributed by atoms with Gasteiger partial charge in [0.25, 0.3) is 0 Å². The third-order valence-electron chi connectivity index (χ3n) is 10.7. The number of hydrogen-bond acceptors (Lipinski definition) is 4. The molecular weight excluding hydrogens is 685 g/mol. The minimum atomic E-state index is 0.593. The van der Waals surface area contributed by atoms with Crippen molar-refractivity contribution in [1.82, 2.24) is 29.1 Å². The van der Waals surface area contributed by atoms with Crippen LogP contribution in [0, 0.1) is 0 Å². The van der Waals surface area contributed by atoms with Gasteiger partial charge < -0.3 is 9.13 Å². The summed E-state index contributed by atoms with van der Waals surface area (Å²) in [5, 5.41) is 4.86. The molecule has 11 aromatic rings. The van der Waals surface area contributed by atoms with Gasteiger partial charge in [0.1, 0.15) is 0 Å². The Labute approximate surface area is 322 Å². The molecule has 0 spiro atoms. The van der Waals surface area contributed by atoms with Gasteiger partial charge in [0.15, 0.2) is 17.5 Å². The standard InChI is InChI=1S/C50H32N6/c1-2-14-33(15-3-1)48-52-49(34-16-12-18-37(30-34)55-43-23-8-4-19-38(43)39-20-5-9-24-44(39)55)54-50(53-48)35-27-28-47(42(31-35)36-17-13-29-51-32-36)56-45-25-10-6-21-40(45)41-22-7-11-26-46(41)56/h1-32H. The van der Waals surface area contributed by atoms with Crippen LogP contribution in [0.15, 0.2) is 194 Å². The largest absolute Gasteiger partial charge is 0.309 e. The zero-order valence-corrected chi connectivity index (χ0v) is 30.2. The second-order valence-corrected chi connectivity index (χ2v) is 13.9. The van der Waals surface area contributed by atoms with Gasteiger partial charge in [-0.05, 0) is 60.7 Å². The van der Waals surface area contributed by atoms with Crippen LogP contribution in [0.3, 0.4) is 0 Å². The van der Waals surface area contributed by atoms with Crippen LogP contribution in [0.5, 0.6) is 0 Å². The molecular formula is C50H32N6. The number of hydrogen-bond donors (Lipinski definition) is 0. The summed E-state index contributed by atoms with van der Waals surface area (Å²) in [6.45, 7) is 0. The number of fused-ring (bicyclic) bond motifs is 6. The van der Waals surface area contributed by atoms with Gasteiger partial charge in [-0.1, -0.05) is 121 Å². The first-order valence-corrected chi connectivity index (χ1v) is 18.7. The Kier molecular flexibility index (Phi) is 7.38. The quantitative estimate of drug-likeness (QED) is 0.172. The van der Waals surface area contributed by atoms with Crippen molar-refractivity contribution in [3.8, 4) is 56.7 Å². The predicted molar refractivity (Wildman–Crippen MR) is 228 cm³/mol. The molecule has 6 nitrogen and oxygen atoms in total. The highest BCUT2D eigenvalue weighted by molar-refractivity contribution is 6.10. The topological polar surface area (TPSA) is 61.4 Å². The van der Waals surface area contributed by atoms with Crippen molar-refractivity contribution in [2.75, 3.05) is 0 Å². The molecule has 0 aliphatic heterocycles. The average Bonchev–Trinajstić information content (AvgIpc) is 3.80. The van der Waals surface area contributed by atoms with Crippen LogP contribution >= 0.6 is 0 Å². The molecule has 0 fully saturated rings. The van der Waals surface area contributed by atoms with E-state index in [0.717, 1.165) is 61.3 Å². The highest BCUT2D eigenvalue weighted by Gasteiger charge is 2.19. The van der Waals surface area contributed by atoms with E-state index in [1.807, 2.05) is 48.8 Å². The van der Waals surface area contributed by atoms with Crippen LogP contribution in [0.1, 0.15) is 0 Å². The van der Waals surface area contributed by atoms with Gasteiger partial charge in [0.2, 0.25) is 0 Å². The van der Waals surface area contributed by atoms with Gasteiger partial charge in [0, 0.05) is 67.4 Å². The Morgan fingerprint density at radius 3 is 1.39 bits per heavy atom. The van der Waals surface area contributed by atoms with E-state index in [4.69, 9.17) is 15.0 Å². The second-order valence-electron chi connectivity index (χ2n) is 13.9. The molecule has 6 heteroatoms. The third kappa shape index (κ3) is 5.19. The molecule has 0 unspecified atom stereocenters. The average molecular weight is 717 g/mol. The van der Waals surface area contributed by atoms with E-state index in [9.17, 15) is 0 Å². The minimum absolute atomic E-state index is 0.593. The van der Waals surface area contributed by atoms with Crippen molar-refractivity contribution in [3.05, 3.63) is 194 Å². The lowest BCUT2D eigenvalue weighted by Gasteiger charge is -2.16. The molecule has 0 N–H and O–H groups in total. The molecule has 0 aliphatic carbocycles. The lowest BCUT2D eigenvalue weighted by atomic mass is 10.0. The molecule has 0 saturated carbocycles. The number of para-hydroxylation sites is 4. The van der Waals surface area contributed by atoms with Gasteiger partial charge in [-0.3, -0.25) is 4.98 Å². The van der Waals surface area contributed by atoms with Crippen LogP contribution in [-0.4, -0.2) is 29.1 Å². The van der Waals surface area contributed by atoms with Crippen LogP contribution in [0.25, 0.3) is 100 Å². The first-order valence-electron chi connectivity index (χ1n) is 18.7.